The van der Waals surface area contributed by atoms with Crippen molar-refractivity contribution >= 4 is 17.7 Å². The number of H-pyrrole nitrogens is 1. The number of hydrogen-bond donors (Lipinski definition) is 2. The Morgan fingerprint density at radius 1 is 1.35 bits per heavy atom. The van der Waals surface area contributed by atoms with Gasteiger partial charge in [-0.3, -0.25) is 9.89 Å². The number of amides is 1. The van der Waals surface area contributed by atoms with E-state index in [1.54, 1.807) is 6.20 Å². The van der Waals surface area contributed by atoms with E-state index in [4.69, 9.17) is 0 Å². The van der Waals surface area contributed by atoms with Crippen LogP contribution in [-0.2, 0) is 11.3 Å². The van der Waals surface area contributed by atoms with Gasteiger partial charge >= 0.3 is 0 Å². The topological polar surface area (TPSA) is 57.8 Å². The second kappa shape index (κ2) is 6.13. The lowest BCUT2D eigenvalue weighted by Crippen LogP contribution is -2.30. The van der Waals surface area contributed by atoms with Gasteiger partial charge in [0.25, 0.3) is 0 Å². The van der Waals surface area contributed by atoms with E-state index >= 15 is 0 Å². The first kappa shape index (κ1) is 13.2. The zero-order valence-corrected chi connectivity index (χ0v) is 12.0. The van der Waals surface area contributed by atoms with Crippen molar-refractivity contribution in [1.82, 2.24) is 15.5 Å². The van der Waals surface area contributed by atoms with Crippen molar-refractivity contribution in [3.8, 4) is 11.3 Å². The lowest BCUT2D eigenvalue weighted by atomic mass is 10.1. The van der Waals surface area contributed by atoms with Gasteiger partial charge in [0.15, 0.2) is 0 Å². The van der Waals surface area contributed by atoms with Crippen LogP contribution in [0.25, 0.3) is 11.3 Å². The molecule has 0 bridgehead atoms. The molecule has 0 spiro atoms. The second-order valence-corrected chi connectivity index (χ2v) is 6.10. The molecule has 20 heavy (non-hydrogen) atoms. The number of thioether (sulfide) groups is 1. The van der Waals surface area contributed by atoms with Crippen LogP contribution in [0.2, 0.25) is 0 Å². The molecule has 1 amide bonds. The fourth-order valence-corrected chi connectivity index (χ4v) is 3.51. The summed E-state index contributed by atoms with van der Waals surface area (Å²) in [4.78, 5) is 11.9. The average Bonchev–Trinajstić information content (AvgIpc) is 3.18. The number of aromatic nitrogens is 2. The van der Waals surface area contributed by atoms with Crippen molar-refractivity contribution in [1.29, 1.82) is 0 Å². The number of benzene rings is 1. The van der Waals surface area contributed by atoms with Gasteiger partial charge in [0, 0.05) is 24.4 Å². The fraction of sp³-hybridized carbons (Fsp3) is 0.333. The zero-order chi connectivity index (χ0) is 13.8. The fourth-order valence-electron chi connectivity index (χ4n) is 2.29. The van der Waals surface area contributed by atoms with Crippen molar-refractivity contribution < 1.29 is 4.79 Å². The highest BCUT2D eigenvalue weighted by Gasteiger charge is 2.22. The Hall–Kier alpha value is -1.75. The van der Waals surface area contributed by atoms with Crippen molar-refractivity contribution in [2.24, 2.45) is 5.92 Å². The van der Waals surface area contributed by atoms with Gasteiger partial charge in [-0.15, -0.1) is 0 Å². The van der Waals surface area contributed by atoms with Crippen LogP contribution in [0.15, 0.2) is 36.5 Å². The number of aromatic amines is 1. The van der Waals surface area contributed by atoms with E-state index in [2.05, 4.69) is 15.5 Å². The number of nitrogens with one attached hydrogen (secondary N) is 2. The van der Waals surface area contributed by atoms with E-state index in [0.29, 0.717) is 6.54 Å². The zero-order valence-electron chi connectivity index (χ0n) is 11.1. The summed E-state index contributed by atoms with van der Waals surface area (Å²) >= 11 is 1.86. The molecule has 5 heteroatoms. The van der Waals surface area contributed by atoms with Crippen LogP contribution in [0.4, 0.5) is 0 Å². The lowest BCUT2D eigenvalue weighted by molar-refractivity contribution is -0.124. The third-order valence-electron chi connectivity index (χ3n) is 3.53. The highest BCUT2D eigenvalue weighted by atomic mass is 32.2. The van der Waals surface area contributed by atoms with E-state index < -0.39 is 0 Å². The molecular weight excluding hydrogens is 270 g/mol. The lowest BCUT2D eigenvalue weighted by Gasteiger charge is -2.10. The van der Waals surface area contributed by atoms with Gasteiger partial charge in [0.05, 0.1) is 5.69 Å². The average molecular weight is 287 g/mol. The number of carbonyl (C=O) groups excluding carboxylic acids is 1. The molecule has 0 saturated carbocycles. The number of nitrogens with zero attached hydrogens (tertiary/aromatic N) is 1. The SMILES string of the molecule is O=C(NCc1ccc(-c2ccn[nH]2)cc1)C1CCSC1. The van der Waals surface area contributed by atoms with Crippen LogP contribution in [-0.4, -0.2) is 27.6 Å². The third kappa shape index (κ3) is 3.04. The molecule has 4 nitrogen and oxygen atoms in total. The molecule has 1 unspecified atom stereocenters. The summed E-state index contributed by atoms with van der Waals surface area (Å²) in [6.45, 7) is 0.600. The van der Waals surface area contributed by atoms with Crippen LogP contribution in [0.5, 0.6) is 0 Å². The maximum atomic E-state index is 11.9. The Balaban J connectivity index is 1.57. The third-order valence-corrected chi connectivity index (χ3v) is 4.70. The molecule has 0 aliphatic carbocycles. The minimum Gasteiger partial charge on any atom is -0.352 e. The van der Waals surface area contributed by atoms with Gasteiger partial charge in [-0.2, -0.15) is 16.9 Å². The molecule has 1 saturated heterocycles. The van der Waals surface area contributed by atoms with Crippen LogP contribution >= 0.6 is 11.8 Å². The Kier molecular flexibility index (Phi) is 4.06. The van der Waals surface area contributed by atoms with Crippen molar-refractivity contribution in [3.05, 3.63) is 42.1 Å². The predicted molar refractivity (Wildman–Crippen MR) is 81.3 cm³/mol. The maximum absolute atomic E-state index is 11.9. The number of rotatable bonds is 4. The first-order valence-corrected chi connectivity index (χ1v) is 7.92. The van der Waals surface area contributed by atoms with Crippen LogP contribution in [0, 0.1) is 5.92 Å². The van der Waals surface area contributed by atoms with Gasteiger partial charge in [0.1, 0.15) is 0 Å². The van der Waals surface area contributed by atoms with Crippen molar-refractivity contribution in [3.63, 3.8) is 0 Å². The summed E-state index contributed by atoms with van der Waals surface area (Å²) in [5.74, 6) is 2.46. The Morgan fingerprint density at radius 2 is 2.20 bits per heavy atom. The summed E-state index contributed by atoms with van der Waals surface area (Å²) < 4.78 is 0. The molecule has 2 heterocycles. The molecule has 1 aromatic heterocycles. The molecule has 1 aliphatic heterocycles. The van der Waals surface area contributed by atoms with Gasteiger partial charge in [-0.1, -0.05) is 24.3 Å². The quantitative estimate of drug-likeness (QED) is 0.908. The van der Waals surface area contributed by atoms with E-state index in [9.17, 15) is 4.79 Å². The molecule has 2 aromatic rings. The molecule has 2 N–H and O–H groups in total. The first-order chi connectivity index (χ1) is 9.83. The summed E-state index contributed by atoms with van der Waals surface area (Å²) in [5.41, 5.74) is 3.22. The van der Waals surface area contributed by atoms with E-state index in [-0.39, 0.29) is 11.8 Å². The highest BCUT2D eigenvalue weighted by molar-refractivity contribution is 7.99. The molecule has 1 aromatic carbocycles. The monoisotopic (exact) mass is 287 g/mol. The molecule has 0 radical (unpaired) electrons. The van der Waals surface area contributed by atoms with Crippen LogP contribution in [0.3, 0.4) is 0 Å². The summed E-state index contributed by atoms with van der Waals surface area (Å²) in [7, 11) is 0. The van der Waals surface area contributed by atoms with E-state index in [1.807, 2.05) is 42.1 Å². The second-order valence-electron chi connectivity index (χ2n) is 4.95. The van der Waals surface area contributed by atoms with Crippen molar-refractivity contribution in [2.45, 2.75) is 13.0 Å². The van der Waals surface area contributed by atoms with Gasteiger partial charge in [0.2, 0.25) is 5.91 Å². The van der Waals surface area contributed by atoms with Gasteiger partial charge < -0.3 is 5.32 Å². The van der Waals surface area contributed by atoms with Crippen molar-refractivity contribution in [2.75, 3.05) is 11.5 Å². The summed E-state index contributed by atoms with van der Waals surface area (Å²) in [5, 5.41) is 9.90. The van der Waals surface area contributed by atoms with E-state index in [0.717, 1.165) is 34.7 Å². The minimum absolute atomic E-state index is 0.188. The molecule has 1 atom stereocenters. The van der Waals surface area contributed by atoms with Crippen LogP contribution < -0.4 is 5.32 Å². The normalized spacial score (nSPS) is 18.1. The molecule has 104 valence electrons. The maximum Gasteiger partial charge on any atom is 0.224 e. The standard InChI is InChI=1S/C15H17N3OS/c19-15(13-6-8-20-10-13)16-9-11-1-3-12(4-2-11)14-5-7-17-18-14/h1-5,7,13H,6,8-10H2,(H,16,19)(H,17,18). The molecule has 3 rings (SSSR count). The Morgan fingerprint density at radius 3 is 2.85 bits per heavy atom. The van der Waals surface area contributed by atoms with Crippen LogP contribution in [0.1, 0.15) is 12.0 Å². The number of carbonyl (C=O) groups is 1. The molecule has 1 aliphatic rings. The minimum atomic E-state index is 0.188. The summed E-state index contributed by atoms with van der Waals surface area (Å²) in [6, 6.07) is 10.1. The van der Waals surface area contributed by atoms with Gasteiger partial charge in [-0.25, -0.2) is 0 Å². The Labute approximate surface area is 122 Å². The van der Waals surface area contributed by atoms with Gasteiger partial charge in [-0.05, 0) is 29.4 Å². The largest absolute Gasteiger partial charge is 0.352 e. The highest BCUT2D eigenvalue weighted by Crippen LogP contribution is 2.23. The first-order valence-electron chi connectivity index (χ1n) is 6.77. The molecule has 1 fully saturated rings. The number of hydrogen-bond acceptors (Lipinski definition) is 3. The van der Waals surface area contributed by atoms with E-state index in [1.165, 1.54) is 0 Å². The Bertz CT molecular complexity index is 559. The smallest absolute Gasteiger partial charge is 0.224 e. The summed E-state index contributed by atoms with van der Waals surface area (Å²) in [6.07, 6.45) is 2.75. The molecular formula is C15H17N3OS. The predicted octanol–water partition coefficient (Wildman–Crippen LogP) is 2.45.